The van der Waals surface area contributed by atoms with E-state index in [1.54, 1.807) is 18.4 Å². The zero-order valence-electron chi connectivity index (χ0n) is 10.8. The zero-order chi connectivity index (χ0) is 12.1. The Balaban J connectivity index is 2.78. The lowest BCUT2D eigenvalue weighted by Gasteiger charge is -2.09. The Labute approximate surface area is 102 Å². The molecule has 92 valence electrons. The summed E-state index contributed by atoms with van der Waals surface area (Å²) in [6, 6.07) is 0.507. The molecule has 16 heavy (non-hydrogen) atoms. The molecule has 0 radical (unpaired) electrons. The average molecular weight is 242 g/mol. The van der Waals surface area contributed by atoms with Gasteiger partial charge in [0.05, 0.1) is 12.3 Å². The summed E-state index contributed by atoms with van der Waals surface area (Å²) in [5.41, 5.74) is 1.21. The van der Waals surface area contributed by atoms with Crippen molar-refractivity contribution in [3.63, 3.8) is 0 Å². The normalized spacial score (nSPS) is 11.7. The molecule has 0 aromatic carbocycles. The third-order valence-electron chi connectivity index (χ3n) is 2.26. The van der Waals surface area contributed by atoms with Crippen LogP contribution in [0.5, 0.6) is 0 Å². The first-order valence-corrected chi connectivity index (χ1v) is 6.57. The lowest BCUT2D eigenvalue weighted by molar-refractivity contribution is 0.184. The van der Waals surface area contributed by atoms with Crippen LogP contribution in [0.4, 0.5) is 0 Å². The molecule has 1 heterocycles. The van der Waals surface area contributed by atoms with Gasteiger partial charge in [0.1, 0.15) is 5.01 Å². The van der Waals surface area contributed by atoms with Gasteiger partial charge in [-0.25, -0.2) is 4.98 Å². The van der Waals surface area contributed by atoms with E-state index in [0.29, 0.717) is 18.6 Å². The quantitative estimate of drug-likeness (QED) is 0.833. The molecule has 0 aliphatic rings. The highest BCUT2D eigenvalue weighted by Crippen LogP contribution is 2.25. The molecule has 1 N–H and O–H groups in total. The Morgan fingerprint density at radius 2 is 2.00 bits per heavy atom. The molecule has 0 fully saturated rings. The van der Waals surface area contributed by atoms with E-state index in [2.05, 4.69) is 38.0 Å². The zero-order valence-corrected chi connectivity index (χ0v) is 11.6. The summed E-state index contributed by atoms with van der Waals surface area (Å²) in [7, 11) is 1.71. The van der Waals surface area contributed by atoms with E-state index in [9.17, 15) is 0 Å². The standard InChI is InChI=1S/C12H22N2OS/c1-8(2)12-10(6-13-9(3)4)16-11(14-12)7-15-5/h8-9,13H,6-7H2,1-5H3. The number of thiazole rings is 1. The van der Waals surface area contributed by atoms with Crippen molar-refractivity contribution < 1.29 is 4.74 Å². The van der Waals surface area contributed by atoms with Gasteiger partial charge in [0.15, 0.2) is 0 Å². The second kappa shape index (κ2) is 6.33. The third kappa shape index (κ3) is 3.85. The van der Waals surface area contributed by atoms with Gasteiger partial charge in [-0.05, 0) is 5.92 Å². The van der Waals surface area contributed by atoms with Gasteiger partial charge in [-0.15, -0.1) is 11.3 Å². The van der Waals surface area contributed by atoms with Gasteiger partial charge in [0.25, 0.3) is 0 Å². The molecule has 1 aromatic rings. The van der Waals surface area contributed by atoms with Gasteiger partial charge in [0.2, 0.25) is 0 Å². The van der Waals surface area contributed by atoms with Gasteiger partial charge in [-0.3, -0.25) is 0 Å². The van der Waals surface area contributed by atoms with E-state index < -0.39 is 0 Å². The minimum Gasteiger partial charge on any atom is -0.378 e. The van der Waals surface area contributed by atoms with Gasteiger partial charge >= 0.3 is 0 Å². The Morgan fingerprint density at radius 3 is 2.50 bits per heavy atom. The van der Waals surface area contributed by atoms with Crippen LogP contribution >= 0.6 is 11.3 Å². The van der Waals surface area contributed by atoms with Gasteiger partial charge in [-0.1, -0.05) is 27.7 Å². The Hall–Kier alpha value is -0.450. The smallest absolute Gasteiger partial charge is 0.119 e. The van der Waals surface area contributed by atoms with Crippen molar-refractivity contribution in [1.29, 1.82) is 0 Å². The first kappa shape index (κ1) is 13.6. The van der Waals surface area contributed by atoms with Crippen molar-refractivity contribution in [1.82, 2.24) is 10.3 Å². The topological polar surface area (TPSA) is 34.1 Å². The molecule has 0 amide bonds. The minimum absolute atomic E-state index is 0.478. The molecule has 1 aromatic heterocycles. The Morgan fingerprint density at radius 1 is 1.31 bits per heavy atom. The van der Waals surface area contributed by atoms with Gasteiger partial charge in [-0.2, -0.15) is 0 Å². The summed E-state index contributed by atoms with van der Waals surface area (Å²) in [5, 5.41) is 4.52. The largest absolute Gasteiger partial charge is 0.378 e. The second-order valence-corrected chi connectivity index (χ2v) is 5.71. The van der Waals surface area contributed by atoms with E-state index in [4.69, 9.17) is 4.74 Å². The number of ether oxygens (including phenoxy) is 1. The van der Waals surface area contributed by atoms with Gasteiger partial charge in [0, 0.05) is 24.6 Å². The highest BCUT2D eigenvalue weighted by Gasteiger charge is 2.13. The van der Waals surface area contributed by atoms with Crippen LogP contribution in [0.1, 0.15) is 49.2 Å². The predicted molar refractivity (Wildman–Crippen MR) is 68.9 cm³/mol. The van der Waals surface area contributed by atoms with Gasteiger partial charge < -0.3 is 10.1 Å². The summed E-state index contributed by atoms with van der Waals surface area (Å²) in [4.78, 5) is 5.97. The van der Waals surface area contributed by atoms with Crippen molar-refractivity contribution in [2.24, 2.45) is 0 Å². The number of nitrogens with one attached hydrogen (secondary N) is 1. The summed E-state index contributed by atoms with van der Waals surface area (Å²) in [6.45, 7) is 10.2. The van der Waals surface area contributed by atoms with Crippen molar-refractivity contribution in [2.75, 3.05) is 7.11 Å². The molecular formula is C12H22N2OS. The van der Waals surface area contributed by atoms with Crippen LogP contribution in [0.25, 0.3) is 0 Å². The molecule has 0 saturated carbocycles. The van der Waals surface area contributed by atoms with Crippen molar-refractivity contribution >= 4 is 11.3 Å². The van der Waals surface area contributed by atoms with Crippen LogP contribution in [-0.4, -0.2) is 18.1 Å². The maximum atomic E-state index is 5.13. The van der Waals surface area contributed by atoms with E-state index in [0.717, 1.165) is 11.6 Å². The van der Waals surface area contributed by atoms with E-state index in [1.807, 2.05) is 0 Å². The van der Waals surface area contributed by atoms with Crippen molar-refractivity contribution in [3.05, 3.63) is 15.6 Å². The fourth-order valence-corrected chi connectivity index (χ4v) is 2.62. The van der Waals surface area contributed by atoms with Crippen LogP contribution in [0, 0.1) is 0 Å². The molecule has 0 unspecified atom stereocenters. The molecule has 4 heteroatoms. The number of rotatable bonds is 6. The SMILES string of the molecule is COCc1nc(C(C)C)c(CNC(C)C)s1. The predicted octanol–water partition coefficient (Wildman–Crippen LogP) is 2.91. The lowest BCUT2D eigenvalue weighted by atomic mass is 10.1. The summed E-state index contributed by atoms with van der Waals surface area (Å²) >= 11 is 1.76. The highest BCUT2D eigenvalue weighted by molar-refractivity contribution is 7.11. The number of methoxy groups -OCH3 is 1. The molecule has 0 saturated heterocycles. The molecule has 0 aliphatic carbocycles. The summed E-state index contributed by atoms with van der Waals surface area (Å²) in [5.74, 6) is 0.478. The maximum absolute atomic E-state index is 5.13. The number of aromatic nitrogens is 1. The highest BCUT2D eigenvalue weighted by atomic mass is 32.1. The van der Waals surface area contributed by atoms with Crippen LogP contribution in [0.3, 0.4) is 0 Å². The Kier molecular flexibility index (Phi) is 5.38. The number of hydrogen-bond acceptors (Lipinski definition) is 4. The molecule has 0 aliphatic heterocycles. The monoisotopic (exact) mass is 242 g/mol. The second-order valence-electron chi connectivity index (χ2n) is 4.54. The lowest BCUT2D eigenvalue weighted by Crippen LogP contribution is -2.22. The van der Waals surface area contributed by atoms with Crippen LogP contribution in [0.15, 0.2) is 0 Å². The average Bonchev–Trinajstić information content (AvgIpc) is 2.59. The molecule has 0 atom stereocenters. The first-order chi connectivity index (χ1) is 7.54. The van der Waals surface area contributed by atoms with E-state index in [-0.39, 0.29) is 0 Å². The maximum Gasteiger partial charge on any atom is 0.119 e. The number of hydrogen-bond donors (Lipinski definition) is 1. The summed E-state index contributed by atoms with van der Waals surface area (Å²) < 4.78 is 5.13. The van der Waals surface area contributed by atoms with Crippen molar-refractivity contribution in [2.45, 2.75) is 52.8 Å². The first-order valence-electron chi connectivity index (χ1n) is 5.75. The third-order valence-corrected chi connectivity index (χ3v) is 3.30. The van der Waals surface area contributed by atoms with Crippen LogP contribution < -0.4 is 5.32 Å². The van der Waals surface area contributed by atoms with Crippen LogP contribution in [0.2, 0.25) is 0 Å². The molecule has 0 bridgehead atoms. The number of nitrogens with zero attached hydrogens (tertiary/aromatic N) is 1. The fraction of sp³-hybridized carbons (Fsp3) is 0.750. The fourth-order valence-electron chi connectivity index (χ4n) is 1.47. The molecular weight excluding hydrogens is 220 g/mol. The molecule has 1 rings (SSSR count). The minimum atomic E-state index is 0.478. The molecule has 0 spiro atoms. The van der Waals surface area contributed by atoms with E-state index in [1.165, 1.54) is 10.6 Å². The molecule has 3 nitrogen and oxygen atoms in total. The van der Waals surface area contributed by atoms with Crippen molar-refractivity contribution in [3.8, 4) is 0 Å². The summed E-state index contributed by atoms with van der Waals surface area (Å²) in [6.07, 6.45) is 0. The Bertz CT molecular complexity index is 321. The van der Waals surface area contributed by atoms with E-state index >= 15 is 0 Å². The van der Waals surface area contributed by atoms with Crippen LogP contribution in [-0.2, 0) is 17.9 Å².